The maximum Gasteiger partial charge on any atom is 0.339 e. The topological polar surface area (TPSA) is 118 Å². The molecule has 0 fully saturated rings. The van der Waals surface area contributed by atoms with Crippen molar-refractivity contribution in [3.8, 4) is 0 Å². The minimum absolute atomic E-state index is 0.248. The molecule has 8 heteroatoms. The average molecular weight is 415 g/mol. The van der Waals surface area contributed by atoms with Gasteiger partial charge >= 0.3 is 11.9 Å². The van der Waals surface area contributed by atoms with Crippen LogP contribution in [0.1, 0.15) is 92.4 Å². The zero-order valence-corrected chi connectivity index (χ0v) is 17.3. The van der Waals surface area contributed by atoms with Crippen LogP contribution in [0.5, 0.6) is 0 Å². The van der Waals surface area contributed by atoms with E-state index in [0.29, 0.717) is 6.42 Å². The normalized spacial score (nSPS) is 12.5. The van der Waals surface area contributed by atoms with Crippen LogP contribution in [0.4, 0.5) is 0 Å². The molecular weight excluding hydrogens is 384 g/mol. The highest BCUT2D eigenvalue weighted by Gasteiger charge is 2.22. The molecule has 0 aromatic heterocycles. The van der Waals surface area contributed by atoms with Gasteiger partial charge in [0.15, 0.2) is 0 Å². The Labute approximate surface area is 166 Å². The summed E-state index contributed by atoms with van der Waals surface area (Å²) in [4.78, 5) is 23.0. The Morgan fingerprint density at radius 1 is 1.00 bits per heavy atom. The molecule has 28 heavy (non-hydrogen) atoms. The van der Waals surface area contributed by atoms with Crippen LogP contribution >= 0.6 is 0 Å². The third-order valence-corrected chi connectivity index (χ3v) is 5.36. The standard InChI is InChI=1S/C20H30O7S/c1-3-4-5-6-7-8-9-10-11-15(2)27-20(23)17-13-12-16(28(24,25)26)14-18(17)19(21)22/h12-15H,3-11H2,1-2H3,(H,21,22)(H,24,25,26). The number of hydrogen-bond acceptors (Lipinski definition) is 5. The molecule has 0 heterocycles. The third-order valence-electron chi connectivity index (χ3n) is 4.51. The summed E-state index contributed by atoms with van der Waals surface area (Å²) in [6, 6.07) is 2.76. The fraction of sp³-hybridized carbons (Fsp3) is 0.600. The predicted molar refractivity (Wildman–Crippen MR) is 105 cm³/mol. The molecular formula is C20H30O7S. The lowest BCUT2D eigenvalue weighted by Crippen LogP contribution is -2.18. The van der Waals surface area contributed by atoms with Gasteiger partial charge in [0.05, 0.1) is 22.1 Å². The highest BCUT2D eigenvalue weighted by Crippen LogP contribution is 2.19. The lowest BCUT2D eigenvalue weighted by molar-refractivity contribution is 0.0313. The van der Waals surface area contributed by atoms with Crippen molar-refractivity contribution in [2.45, 2.75) is 82.6 Å². The van der Waals surface area contributed by atoms with Crippen LogP contribution in [0.25, 0.3) is 0 Å². The van der Waals surface area contributed by atoms with E-state index in [1.54, 1.807) is 6.92 Å². The van der Waals surface area contributed by atoms with Gasteiger partial charge in [-0.3, -0.25) is 4.55 Å². The van der Waals surface area contributed by atoms with E-state index in [9.17, 15) is 23.1 Å². The monoisotopic (exact) mass is 414 g/mol. The van der Waals surface area contributed by atoms with Gasteiger partial charge in [0.1, 0.15) is 0 Å². The number of aromatic carboxylic acids is 1. The molecule has 0 bridgehead atoms. The SMILES string of the molecule is CCCCCCCCCCC(C)OC(=O)c1ccc(S(=O)(=O)O)cc1C(=O)O. The van der Waals surface area contributed by atoms with Gasteiger partial charge in [-0.2, -0.15) is 8.42 Å². The van der Waals surface area contributed by atoms with Crippen LogP contribution in [0, 0.1) is 0 Å². The second kappa shape index (κ2) is 11.8. The number of unbranched alkanes of at least 4 members (excludes halogenated alkanes) is 7. The van der Waals surface area contributed by atoms with Gasteiger partial charge in [-0.15, -0.1) is 0 Å². The second-order valence-electron chi connectivity index (χ2n) is 6.97. The van der Waals surface area contributed by atoms with E-state index >= 15 is 0 Å². The molecule has 1 aromatic rings. The Kier molecular flexibility index (Phi) is 10.2. The Balaban J connectivity index is 2.54. The van der Waals surface area contributed by atoms with E-state index in [1.165, 1.54) is 32.1 Å². The van der Waals surface area contributed by atoms with Crippen LogP contribution < -0.4 is 0 Å². The third kappa shape index (κ3) is 8.39. The number of ether oxygens (including phenoxy) is 1. The number of carbonyl (C=O) groups is 2. The quantitative estimate of drug-likeness (QED) is 0.273. The molecule has 0 aliphatic carbocycles. The highest BCUT2D eigenvalue weighted by atomic mass is 32.2. The fourth-order valence-electron chi connectivity index (χ4n) is 2.91. The second-order valence-corrected chi connectivity index (χ2v) is 8.39. The molecule has 0 amide bonds. The van der Waals surface area contributed by atoms with Gasteiger partial charge in [0.2, 0.25) is 0 Å². The summed E-state index contributed by atoms with van der Waals surface area (Å²) in [6.07, 6.45) is 9.63. The Hall–Kier alpha value is -1.93. The van der Waals surface area contributed by atoms with Crippen LogP contribution in [0.2, 0.25) is 0 Å². The molecule has 1 unspecified atom stereocenters. The van der Waals surface area contributed by atoms with Crippen molar-refractivity contribution in [3.05, 3.63) is 29.3 Å². The molecule has 0 radical (unpaired) electrons. The van der Waals surface area contributed by atoms with E-state index in [-0.39, 0.29) is 11.7 Å². The van der Waals surface area contributed by atoms with E-state index in [0.717, 1.165) is 37.5 Å². The first kappa shape index (κ1) is 24.1. The average Bonchev–Trinajstić information content (AvgIpc) is 2.62. The highest BCUT2D eigenvalue weighted by molar-refractivity contribution is 7.85. The predicted octanol–water partition coefficient (Wildman–Crippen LogP) is 4.71. The number of carboxylic acid groups (broad SMARTS) is 1. The smallest absolute Gasteiger partial charge is 0.339 e. The fourth-order valence-corrected chi connectivity index (χ4v) is 3.42. The number of esters is 1. The summed E-state index contributed by atoms with van der Waals surface area (Å²) in [7, 11) is -4.56. The first-order valence-electron chi connectivity index (χ1n) is 9.72. The van der Waals surface area contributed by atoms with Crippen molar-refractivity contribution < 1.29 is 32.4 Å². The van der Waals surface area contributed by atoms with Crippen molar-refractivity contribution >= 4 is 22.1 Å². The molecule has 0 saturated heterocycles. The summed E-state index contributed by atoms with van der Waals surface area (Å²) in [5, 5.41) is 9.23. The minimum Gasteiger partial charge on any atom is -0.478 e. The molecule has 7 nitrogen and oxygen atoms in total. The van der Waals surface area contributed by atoms with Crippen LogP contribution in [0.15, 0.2) is 23.1 Å². The number of carboxylic acids is 1. The van der Waals surface area contributed by atoms with Gasteiger partial charge in [0, 0.05) is 0 Å². The summed E-state index contributed by atoms with van der Waals surface area (Å²) < 4.78 is 36.6. The first-order valence-corrected chi connectivity index (χ1v) is 11.2. The van der Waals surface area contributed by atoms with E-state index in [1.807, 2.05) is 0 Å². The molecule has 2 N–H and O–H groups in total. The number of benzene rings is 1. The summed E-state index contributed by atoms with van der Waals surface area (Å²) in [5.74, 6) is -2.31. The van der Waals surface area contributed by atoms with E-state index < -0.39 is 32.5 Å². The van der Waals surface area contributed by atoms with Gasteiger partial charge in [0.25, 0.3) is 10.1 Å². The lowest BCUT2D eigenvalue weighted by Gasteiger charge is -2.14. The molecule has 0 spiro atoms. The molecule has 1 rings (SSSR count). The number of hydrogen-bond donors (Lipinski definition) is 2. The zero-order chi connectivity index (χ0) is 21.2. The van der Waals surface area contributed by atoms with Crippen molar-refractivity contribution in [1.29, 1.82) is 0 Å². The summed E-state index contributed by atoms with van der Waals surface area (Å²) >= 11 is 0. The summed E-state index contributed by atoms with van der Waals surface area (Å²) in [5.41, 5.74) is -0.776. The van der Waals surface area contributed by atoms with E-state index in [4.69, 9.17) is 9.29 Å². The molecule has 0 saturated carbocycles. The van der Waals surface area contributed by atoms with Crippen molar-refractivity contribution in [2.24, 2.45) is 0 Å². The maximum atomic E-state index is 12.3. The van der Waals surface area contributed by atoms with Gasteiger partial charge in [-0.25, -0.2) is 9.59 Å². The molecule has 1 aromatic carbocycles. The molecule has 0 aliphatic heterocycles. The van der Waals surface area contributed by atoms with Crippen LogP contribution in [0.3, 0.4) is 0 Å². The molecule has 0 aliphatic rings. The zero-order valence-electron chi connectivity index (χ0n) is 16.5. The Morgan fingerprint density at radius 2 is 1.57 bits per heavy atom. The van der Waals surface area contributed by atoms with Crippen molar-refractivity contribution in [1.82, 2.24) is 0 Å². The number of carbonyl (C=O) groups excluding carboxylic acids is 1. The van der Waals surface area contributed by atoms with Gasteiger partial charge in [-0.05, 0) is 38.0 Å². The first-order chi connectivity index (χ1) is 13.2. The molecule has 1 atom stereocenters. The van der Waals surface area contributed by atoms with Crippen LogP contribution in [-0.4, -0.2) is 36.1 Å². The summed E-state index contributed by atoms with van der Waals surface area (Å²) in [6.45, 7) is 3.93. The van der Waals surface area contributed by atoms with Gasteiger partial charge < -0.3 is 9.84 Å². The van der Waals surface area contributed by atoms with Crippen molar-refractivity contribution in [2.75, 3.05) is 0 Å². The van der Waals surface area contributed by atoms with Crippen molar-refractivity contribution in [3.63, 3.8) is 0 Å². The maximum absolute atomic E-state index is 12.3. The van der Waals surface area contributed by atoms with Gasteiger partial charge in [-0.1, -0.05) is 51.9 Å². The number of rotatable bonds is 13. The largest absolute Gasteiger partial charge is 0.478 e. The van der Waals surface area contributed by atoms with Crippen LogP contribution in [-0.2, 0) is 14.9 Å². The Morgan fingerprint density at radius 3 is 2.11 bits per heavy atom. The Bertz CT molecular complexity index is 756. The minimum atomic E-state index is -4.56. The molecule has 158 valence electrons. The van der Waals surface area contributed by atoms with E-state index in [2.05, 4.69) is 6.92 Å². The lowest BCUT2D eigenvalue weighted by atomic mass is 10.1.